The van der Waals surface area contributed by atoms with E-state index in [-0.39, 0.29) is 0 Å². The van der Waals surface area contributed by atoms with Crippen LogP contribution in [-0.4, -0.2) is 4.57 Å². The Morgan fingerprint density at radius 2 is 0.857 bits per heavy atom. The number of fused-ring (bicyclic) bond motifs is 6. The van der Waals surface area contributed by atoms with Gasteiger partial charge in [0, 0.05) is 38.7 Å². The number of nitrogens with zero attached hydrogens (tertiary/aromatic N) is 2. The third-order valence-electron chi connectivity index (χ3n) is 12.4. The molecular formula is C60H40N2O. The molecule has 0 amide bonds. The molecule has 3 nitrogen and oxygen atoms in total. The molecule has 0 aliphatic carbocycles. The van der Waals surface area contributed by atoms with Crippen LogP contribution >= 0.6 is 0 Å². The molecule has 0 atom stereocenters. The predicted octanol–water partition coefficient (Wildman–Crippen LogP) is 16.8. The second-order valence-corrected chi connectivity index (χ2v) is 16.0. The molecule has 0 spiro atoms. The lowest BCUT2D eigenvalue weighted by Crippen LogP contribution is -2.12. The quantitative estimate of drug-likeness (QED) is 0.153. The fraction of sp³-hybridized carbons (Fsp3) is 0. The van der Waals surface area contributed by atoms with E-state index >= 15 is 0 Å². The predicted molar refractivity (Wildman–Crippen MR) is 264 cm³/mol. The zero-order chi connectivity index (χ0) is 41.7. The third kappa shape index (κ3) is 6.13. The van der Waals surface area contributed by atoms with Crippen molar-refractivity contribution in [2.75, 3.05) is 4.90 Å². The van der Waals surface area contributed by atoms with Gasteiger partial charge in [-0.15, -0.1) is 0 Å². The van der Waals surface area contributed by atoms with Crippen molar-refractivity contribution in [2.24, 2.45) is 0 Å². The van der Waals surface area contributed by atoms with Crippen LogP contribution in [0.4, 0.5) is 17.1 Å². The molecule has 0 aliphatic heterocycles. The summed E-state index contributed by atoms with van der Waals surface area (Å²) in [6, 6.07) is 87.1. The largest absolute Gasteiger partial charge is 0.456 e. The minimum absolute atomic E-state index is 0.848. The highest BCUT2D eigenvalue weighted by Gasteiger charge is 2.26. The SMILES string of the molecule is c1ccc(-c2ccccc2-c2c(-c3ccccc3)cccc2N(c2ccc(-c3cccc4c5ccccc5n(-c5ccccc5)c34)cc2)c2cccc3oc4ccccc4c23)cc1. The Kier molecular flexibility index (Phi) is 8.83. The van der Waals surface area contributed by atoms with Gasteiger partial charge in [0.05, 0.1) is 27.8 Å². The van der Waals surface area contributed by atoms with Crippen LogP contribution in [0.2, 0.25) is 0 Å². The average molecular weight is 805 g/mol. The van der Waals surface area contributed by atoms with E-state index in [1.807, 2.05) is 6.07 Å². The Hall–Kier alpha value is -8.40. The molecule has 12 aromatic rings. The maximum atomic E-state index is 6.56. The molecule has 63 heavy (non-hydrogen) atoms. The number of hydrogen-bond acceptors (Lipinski definition) is 2. The molecule has 3 heteroatoms. The number of hydrogen-bond donors (Lipinski definition) is 0. The van der Waals surface area contributed by atoms with Gasteiger partial charge in [-0.05, 0) is 88.0 Å². The van der Waals surface area contributed by atoms with Crippen molar-refractivity contribution in [1.29, 1.82) is 0 Å². The molecule has 2 heterocycles. The van der Waals surface area contributed by atoms with E-state index < -0.39 is 0 Å². The van der Waals surface area contributed by atoms with Crippen molar-refractivity contribution in [3.05, 3.63) is 243 Å². The molecule has 0 radical (unpaired) electrons. The summed E-state index contributed by atoms with van der Waals surface area (Å²) in [4.78, 5) is 2.44. The standard InChI is InChI=1S/C60H40N2O/c1-4-19-41(20-5-1)46-25-10-11-27-50(46)58-47(42-21-6-2-7-22-42)29-17-33-54(58)61(55-34-18-36-57-59(55)52-28-13-15-35-56(52)63-57)45-39-37-43(38-40-45)48-30-16-31-51-49-26-12-14-32-53(49)62(60(48)51)44-23-8-3-9-24-44/h1-40H. The summed E-state index contributed by atoms with van der Waals surface area (Å²) in [5.74, 6) is 0. The van der Waals surface area contributed by atoms with E-state index in [4.69, 9.17) is 4.42 Å². The highest BCUT2D eigenvalue weighted by Crippen LogP contribution is 2.50. The lowest BCUT2D eigenvalue weighted by molar-refractivity contribution is 0.669. The number of furan rings is 1. The minimum Gasteiger partial charge on any atom is -0.456 e. The van der Waals surface area contributed by atoms with Gasteiger partial charge >= 0.3 is 0 Å². The fourth-order valence-electron chi connectivity index (χ4n) is 9.68. The van der Waals surface area contributed by atoms with Gasteiger partial charge in [-0.25, -0.2) is 0 Å². The molecule has 296 valence electrons. The highest BCUT2D eigenvalue weighted by molar-refractivity contribution is 6.16. The van der Waals surface area contributed by atoms with Crippen molar-refractivity contribution >= 4 is 60.8 Å². The molecule has 10 aromatic carbocycles. The zero-order valence-corrected chi connectivity index (χ0v) is 34.4. The van der Waals surface area contributed by atoms with E-state index in [1.54, 1.807) is 0 Å². The first kappa shape index (κ1) is 36.5. The first-order valence-electron chi connectivity index (χ1n) is 21.5. The fourth-order valence-corrected chi connectivity index (χ4v) is 9.68. The van der Waals surface area contributed by atoms with Crippen molar-refractivity contribution in [2.45, 2.75) is 0 Å². The van der Waals surface area contributed by atoms with Crippen LogP contribution in [0, 0.1) is 0 Å². The summed E-state index contributed by atoms with van der Waals surface area (Å²) < 4.78 is 8.97. The van der Waals surface area contributed by atoms with Crippen LogP contribution in [0.25, 0.3) is 93.9 Å². The van der Waals surface area contributed by atoms with Crippen LogP contribution in [0.1, 0.15) is 0 Å². The summed E-state index contributed by atoms with van der Waals surface area (Å²) >= 11 is 0. The van der Waals surface area contributed by atoms with Gasteiger partial charge in [0.1, 0.15) is 11.2 Å². The smallest absolute Gasteiger partial charge is 0.137 e. The van der Waals surface area contributed by atoms with Gasteiger partial charge in [0.15, 0.2) is 0 Å². The number of benzene rings is 10. The molecule has 12 rings (SSSR count). The molecule has 0 aliphatic rings. The Morgan fingerprint density at radius 3 is 1.63 bits per heavy atom. The summed E-state index contributed by atoms with van der Waals surface area (Å²) in [7, 11) is 0. The molecule has 0 N–H and O–H groups in total. The third-order valence-corrected chi connectivity index (χ3v) is 12.4. The highest BCUT2D eigenvalue weighted by atomic mass is 16.3. The Morgan fingerprint density at radius 1 is 0.333 bits per heavy atom. The van der Waals surface area contributed by atoms with Crippen molar-refractivity contribution in [3.8, 4) is 50.2 Å². The lowest BCUT2D eigenvalue weighted by atomic mass is 9.87. The Labute approximate surface area is 366 Å². The lowest BCUT2D eigenvalue weighted by Gasteiger charge is -2.30. The van der Waals surface area contributed by atoms with E-state index in [0.29, 0.717) is 0 Å². The molecule has 0 fully saturated rings. The maximum absolute atomic E-state index is 6.56. The van der Waals surface area contributed by atoms with Crippen LogP contribution in [0.5, 0.6) is 0 Å². The minimum atomic E-state index is 0.848. The van der Waals surface area contributed by atoms with Crippen molar-refractivity contribution in [3.63, 3.8) is 0 Å². The van der Waals surface area contributed by atoms with E-state index in [9.17, 15) is 0 Å². The Bertz CT molecular complexity index is 3600. The van der Waals surface area contributed by atoms with Gasteiger partial charge in [0.25, 0.3) is 0 Å². The summed E-state index contributed by atoms with van der Waals surface area (Å²) in [6.07, 6.45) is 0. The van der Waals surface area contributed by atoms with Gasteiger partial charge < -0.3 is 13.9 Å². The van der Waals surface area contributed by atoms with Gasteiger partial charge in [-0.3, -0.25) is 0 Å². The van der Waals surface area contributed by atoms with Crippen LogP contribution in [0.15, 0.2) is 247 Å². The number of aromatic nitrogens is 1. The first-order chi connectivity index (χ1) is 31.3. The second-order valence-electron chi connectivity index (χ2n) is 16.0. The average Bonchev–Trinajstić information content (AvgIpc) is 3.92. The monoisotopic (exact) mass is 804 g/mol. The molecule has 0 unspecified atom stereocenters. The topological polar surface area (TPSA) is 21.3 Å². The number of anilines is 3. The molecule has 0 saturated heterocycles. The Balaban J connectivity index is 1.13. The first-order valence-corrected chi connectivity index (χ1v) is 21.5. The van der Waals surface area contributed by atoms with Crippen LogP contribution in [-0.2, 0) is 0 Å². The summed E-state index contributed by atoms with van der Waals surface area (Å²) in [5, 5.41) is 4.62. The summed E-state index contributed by atoms with van der Waals surface area (Å²) in [6.45, 7) is 0. The van der Waals surface area contributed by atoms with Crippen LogP contribution < -0.4 is 4.90 Å². The van der Waals surface area contributed by atoms with Gasteiger partial charge in [-0.1, -0.05) is 188 Å². The van der Waals surface area contributed by atoms with Gasteiger partial charge in [-0.2, -0.15) is 0 Å². The normalized spacial score (nSPS) is 11.5. The molecular weight excluding hydrogens is 765 g/mol. The van der Waals surface area contributed by atoms with E-state index in [2.05, 4.69) is 246 Å². The summed E-state index contributed by atoms with van der Waals surface area (Å²) in [5.41, 5.74) is 17.7. The van der Waals surface area contributed by atoms with E-state index in [1.165, 1.54) is 38.5 Å². The van der Waals surface area contributed by atoms with Crippen molar-refractivity contribution in [1.82, 2.24) is 4.57 Å². The maximum Gasteiger partial charge on any atom is 0.137 e. The zero-order valence-electron chi connectivity index (χ0n) is 34.4. The number of para-hydroxylation sites is 4. The number of rotatable bonds is 8. The molecule has 2 aromatic heterocycles. The molecule has 0 bridgehead atoms. The molecule has 0 saturated carbocycles. The van der Waals surface area contributed by atoms with Crippen LogP contribution in [0.3, 0.4) is 0 Å². The van der Waals surface area contributed by atoms with E-state index in [0.717, 1.165) is 72.5 Å². The second kappa shape index (κ2) is 15.3. The van der Waals surface area contributed by atoms with Crippen molar-refractivity contribution < 1.29 is 4.42 Å². The van der Waals surface area contributed by atoms with Gasteiger partial charge in [0.2, 0.25) is 0 Å².